The van der Waals surface area contributed by atoms with Crippen molar-refractivity contribution in [2.75, 3.05) is 32.7 Å². The highest BCUT2D eigenvalue weighted by Gasteiger charge is 2.69. The fourth-order valence-electron chi connectivity index (χ4n) is 6.33. The quantitative estimate of drug-likeness (QED) is 0.369. The van der Waals surface area contributed by atoms with E-state index in [4.69, 9.17) is 0 Å². The van der Waals surface area contributed by atoms with E-state index >= 15 is 0 Å². The van der Waals surface area contributed by atoms with Crippen molar-refractivity contribution in [3.63, 3.8) is 0 Å². The number of hydrogen-bond donors (Lipinski definition) is 2. The van der Waals surface area contributed by atoms with E-state index in [9.17, 15) is 14.4 Å². The predicted octanol–water partition coefficient (Wildman–Crippen LogP) is 2.68. The standard InChI is InChI=1S/C25H39N3O3/c1-18(29)8-2-3-13-26-23(30)21-19-9-10-20(25(19)11-12-25)22(21)24(31)27-14-4-5-15-28-16-6-7-17-28/h9-10,19-22H,2-8,11-17H2,1H3,(H,26,30)(H,27,31)/t19-,20+,21+,22+/m0/s1. The highest BCUT2D eigenvalue weighted by atomic mass is 16.2. The molecule has 0 radical (unpaired) electrons. The number of unbranched alkanes of at least 4 members (excludes halogenated alkanes) is 2. The van der Waals surface area contributed by atoms with Crippen molar-refractivity contribution >= 4 is 17.6 Å². The molecular weight excluding hydrogens is 390 g/mol. The summed E-state index contributed by atoms with van der Waals surface area (Å²) in [5.74, 6) is 0.248. The molecule has 172 valence electrons. The van der Waals surface area contributed by atoms with Crippen LogP contribution in [0.2, 0.25) is 0 Å². The zero-order valence-corrected chi connectivity index (χ0v) is 19.0. The fourth-order valence-corrected chi connectivity index (χ4v) is 6.33. The SMILES string of the molecule is CC(=O)CCCCNC(=O)[C@H]1[C@H](C(=O)NCCCCN2CCCC2)[C@H]2C=C[C@@H]1C21CC1. The number of amides is 2. The Morgan fingerprint density at radius 1 is 0.871 bits per heavy atom. The molecule has 1 saturated heterocycles. The van der Waals surface area contributed by atoms with Gasteiger partial charge in [-0.25, -0.2) is 0 Å². The van der Waals surface area contributed by atoms with Gasteiger partial charge < -0.3 is 20.3 Å². The van der Waals surface area contributed by atoms with Crippen molar-refractivity contribution < 1.29 is 14.4 Å². The molecule has 0 aromatic carbocycles. The Hall–Kier alpha value is -1.69. The summed E-state index contributed by atoms with van der Waals surface area (Å²) in [6, 6.07) is 0. The van der Waals surface area contributed by atoms with E-state index in [1.54, 1.807) is 6.92 Å². The second-order valence-electron chi connectivity index (χ2n) is 10.2. The van der Waals surface area contributed by atoms with Crippen LogP contribution in [0, 0.1) is 29.1 Å². The lowest BCUT2D eigenvalue weighted by Gasteiger charge is -2.26. The first-order valence-electron chi connectivity index (χ1n) is 12.5. The summed E-state index contributed by atoms with van der Waals surface area (Å²) < 4.78 is 0. The van der Waals surface area contributed by atoms with Crippen LogP contribution in [-0.2, 0) is 14.4 Å². The summed E-state index contributed by atoms with van der Waals surface area (Å²) in [4.78, 5) is 39.8. The first-order valence-corrected chi connectivity index (χ1v) is 12.5. The second kappa shape index (κ2) is 9.85. The molecule has 2 saturated carbocycles. The highest BCUT2D eigenvalue weighted by molar-refractivity contribution is 5.90. The molecular formula is C25H39N3O3. The first kappa shape index (κ1) is 22.5. The number of ketones is 1. The molecule has 2 N–H and O–H groups in total. The molecule has 1 heterocycles. The third kappa shape index (κ3) is 4.89. The third-order valence-electron chi connectivity index (χ3n) is 8.10. The topological polar surface area (TPSA) is 78.5 Å². The Labute approximate surface area is 186 Å². The second-order valence-corrected chi connectivity index (χ2v) is 10.2. The van der Waals surface area contributed by atoms with Crippen LogP contribution in [0.3, 0.4) is 0 Å². The molecule has 3 fully saturated rings. The van der Waals surface area contributed by atoms with E-state index in [1.165, 1.54) is 25.9 Å². The molecule has 1 spiro atoms. The van der Waals surface area contributed by atoms with Crippen LogP contribution in [0.1, 0.15) is 64.7 Å². The van der Waals surface area contributed by atoms with Gasteiger partial charge in [0.1, 0.15) is 5.78 Å². The number of likely N-dealkylation sites (tertiary alicyclic amines) is 1. The maximum absolute atomic E-state index is 13.2. The summed E-state index contributed by atoms with van der Waals surface area (Å²) in [7, 11) is 0. The lowest BCUT2D eigenvalue weighted by Crippen LogP contribution is -2.44. The molecule has 2 amide bonds. The molecule has 0 unspecified atom stereocenters. The van der Waals surface area contributed by atoms with Crippen LogP contribution >= 0.6 is 0 Å². The minimum atomic E-state index is -0.241. The van der Waals surface area contributed by atoms with Crippen molar-refractivity contribution in [3.8, 4) is 0 Å². The molecule has 4 aliphatic rings. The van der Waals surface area contributed by atoms with Crippen LogP contribution in [0.4, 0.5) is 0 Å². The third-order valence-corrected chi connectivity index (χ3v) is 8.10. The van der Waals surface area contributed by atoms with Gasteiger partial charge in [-0.15, -0.1) is 0 Å². The van der Waals surface area contributed by atoms with Gasteiger partial charge in [-0.05, 0) is 95.2 Å². The Kier molecular flexibility index (Phi) is 7.15. The van der Waals surface area contributed by atoms with Crippen molar-refractivity contribution in [1.82, 2.24) is 15.5 Å². The molecule has 0 aromatic heterocycles. The Morgan fingerprint density at radius 3 is 1.94 bits per heavy atom. The van der Waals surface area contributed by atoms with Gasteiger partial charge in [-0.2, -0.15) is 0 Å². The van der Waals surface area contributed by atoms with Gasteiger partial charge in [-0.3, -0.25) is 9.59 Å². The van der Waals surface area contributed by atoms with Gasteiger partial charge in [0.15, 0.2) is 0 Å². The predicted molar refractivity (Wildman–Crippen MR) is 120 cm³/mol. The van der Waals surface area contributed by atoms with Crippen LogP contribution < -0.4 is 10.6 Å². The largest absolute Gasteiger partial charge is 0.356 e. The van der Waals surface area contributed by atoms with Crippen molar-refractivity contribution in [2.45, 2.75) is 64.7 Å². The van der Waals surface area contributed by atoms with Gasteiger partial charge in [0.25, 0.3) is 0 Å². The first-order chi connectivity index (χ1) is 15.0. The molecule has 3 aliphatic carbocycles. The molecule has 2 bridgehead atoms. The molecule has 31 heavy (non-hydrogen) atoms. The van der Waals surface area contributed by atoms with E-state index in [0.717, 1.165) is 45.1 Å². The highest BCUT2D eigenvalue weighted by Crippen LogP contribution is 2.72. The van der Waals surface area contributed by atoms with E-state index in [2.05, 4.69) is 27.7 Å². The number of carbonyl (C=O) groups is 3. The average Bonchev–Trinajstić information content (AvgIpc) is 3.10. The minimum absolute atomic E-state index is 0.0279. The number of allylic oxidation sites excluding steroid dienone is 2. The van der Waals surface area contributed by atoms with E-state index in [0.29, 0.717) is 19.5 Å². The van der Waals surface area contributed by atoms with Gasteiger partial charge >= 0.3 is 0 Å². The zero-order valence-electron chi connectivity index (χ0n) is 19.0. The van der Waals surface area contributed by atoms with Gasteiger partial charge in [-0.1, -0.05) is 12.2 Å². The molecule has 1 aliphatic heterocycles. The monoisotopic (exact) mass is 429 g/mol. The number of rotatable bonds is 12. The smallest absolute Gasteiger partial charge is 0.224 e. The summed E-state index contributed by atoms with van der Waals surface area (Å²) in [6.45, 7) is 6.46. The summed E-state index contributed by atoms with van der Waals surface area (Å²) >= 11 is 0. The summed E-state index contributed by atoms with van der Waals surface area (Å²) in [6.07, 6.45) is 13.6. The van der Waals surface area contributed by atoms with Crippen LogP contribution in [0.15, 0.2) is 12.2 Å². The fraction of sp³-hybridized carbons (Fsp3) is 0.800. The lowest BCUT2D eigenvalue weighted by molar-refractivity contribution is -0.135. The van der Waals surface area contributed by atoms with E-state index < -0.39 is 0 Å². The molecule has 6 nitrogen and oxygen atoms in total. The maximum atomic E-state index is 13.2. The summed E-state index contributed by atoms with van der Waals surface area (Å²) in [5, 5.41) is 6.24. The maximum Gasteiger partial charge on any atom is 0.224 e. The van der Waals surface area contributed by atoms with Gasteiger partial charge in [0, 0.05) is 19.5 Å². The number of hydrogen-bond acceptors (Lipinski definition) is 4. The normalized spacial score (nSPS) is 30.1. The van der Waals surface area contributed by atoms with Crippen molar-refractivity contribution in [3.05, 3.63) is 12.2 Å². The summed E-state index contributed by atoms with van der Waals surface area (Å²) in [5.41, 5.74) is 0.175. The number of Topliss-reactive ketones (excluding diaryl/α,β-unsaturated/α-hetero) is 1. The Balaban J connectivity index is 1.26. The number of carbonyl (C=O) groups excluding carboxylic acids is 3. The molecule has 4 atom stereocenters. The minimum Gasteiger partial charge on any atom is -0.356 e. The number of nitrogens with one attached hydrogen (secondary N) is 2. The van der Waals surface area contributed by atoms with Gasteiger partial charge in [0.05, 0.1) is 11.8 Å². The van der Waals surface area contributed by atoms with E-state index in [-0.39, 0.29) is 46.7 Å². The zero-order chi connectivity index (χ0) is 21.8. The Morgan fingerprint density at radius 2 is 1.42 bits per heavy atom. The number of nitrogens with zero attached hydrogens (tertiary/aromatic N) is 1. The Bertz CT molecular complexity index is 709. The average molecular weight is 430 g/mol. The van der Waals surface area contributed by atoms with Gasteiger partial charge in [0.2, 0.25) is 11.8 Å². The van der Waals surface area contributed by atoms with Crippen LogP contribution in [-0.4, -0.2) is 55.2 Å². The molecule has 6 heteroatoms. The lowest BCUT2D eigenvalue weighted by atomic mass is 9.81. The molecule has 0 aromatic rings. The molecule has 4 rings (SSSR count). The van der Waals surface area contributed by atoms with Crippen LogP contribution in [0.25, 0.3) is 0 Å². The van der Waals surface area contributed by atoms with Crippen LogP contribution in [0.5, 0.6) is 0 Å². The van der Waals surface area contributed by atoms with Crippen molar-refractivity contribution in [2.24, 2.45) is 29.1 Å². The van der Waals surface area contributed by atoms with E-state index in [1.807, 2.05) is 0 Å². The van der Waals surface area contributed by atoms with Crippen molar-refractivity contribution in [1.29, 1.82) is 0 Å².